The Labute approximate surface area is 177 Å². The van der Waals surface area contributed by atoms with Crippen molar-refractivity contribution in [3.8, 4) is 0 Å². The minimum Gasteiger partial charge on any atom is -0.462 e. The Kier molecular flexibility index (Phi) is 18.1. The highest BCUT2D eigenvalue weighted by molar-refractivity contribution is 5.71. The Morgan fingerprint density at radius 1 is 0.690 bits per heavy atom. The van der Waals surface area contributed by atoms with Crippen molar-refractivity contribution in [2.45, 2.75) is 116 Å². The molecule has 0 fully saturated rings. The SMILES string of the molecule is CC(=O)O[C@H](CCCCCCCCCCCCC(C)C)CC(=O)OC(CO)CO. The van der Waals surface area contributed by atoms with Crippen molar-refractivity contribution in [3.05, 3.63) is 0 Å². The van der Waals surface area contributed by atoms with E-state index in [1.165, 1.54) is 58.3 Å². The quantitative estimate of drug-likeness (QED) is 0.237. The second-order valence-electron chi connectivity index (χ2n) is 8.42. The van der Waals surface area contributed by atoms with Gasteiger partial charge in [0.05, 0.1) is 19.6 Å². The fraction of sp³-hybridized carbons (Fsp3) is 0.913. The van der Waals surface area contributed by atoms with E-state index in [0.29, 0.717) is 6.42 Å². The molecule has 0 aliphatic rings. The van der Waals surface area contributed by atoms with Gasteiger partial charge in [-0.25, -0.2) is 0 Å². The molecule has 0 unspecified atom stereocenters. The lowest BCUT2D eigenvalue weighted by Crippen LogP contribution is -2.29. The summed E-state index contributed by atoms with van der Waals surface area (Å²) in [7, 11) is 0. The van der Waals surface area contributed by atoms with Crippen LogP contribution in [0.2, 0.25) is 0 Å². The molecule has 0 bridgehead atoms. The van der Waals surface area contributed by atoms with Crippen molar-refractivity contribution in [2.75, 3.05) is 13.2 Å². The van der Waals surface area contributed by atoms with E-state index in [-0.39, 0.29) is 6.42 Å². The number of aliphatic hydroxyl groups excluding tert-OH is 2. The molecule has 172 valence electrons. The molecule has 0 radical (unpaired) electrons. The first-order valence-electron chi connectivity index (χ1n) is 11.5. The Morgan fingerprint density at radius 3 is 1.55 bits per heavy atom. The van der Waals surface area contributed by atoms with Crippen LogP contribution in [0.3, 0.4) is 0 Å². The number of carbonyl (C=O) groups is 2. The van der Waals surface area contributed by atoms with E-state index in [4.69, 9.17) is 19.7 Å². The van der Waals surface area contributed by atoms with Gasteiger partial charge in [0, 0.05) is 6.92 Å². The number of rotatable bonds is 19. The molecule has 0 aromatic rings. The van der Waals surface area contributed by atoms with Gasteiger partial charge in [-0.1, -0.05) is 78.1 Å². The molecule has 1 atom stereocenters. The molecule has 0 saturated carbocycles. The van der Waals surface area contributed by atoms with E-state index >= 15 is 0 Å². The van der Waals surface area contributed by atoms with Gasteiger partial charge in [0.1, 0.15) is 12.2 Å². The molecule has 0 aromatic heterocycles. The van der Waals surface area contributed by atoms with Crippen LogP contribution in [0.4, 0.5) is 0 Å². The van der Waals surface area contributed by atoms with E-state index in [0.717, 1.165) is 25.2 Å². The molecule has 29 heavy (non-hydrogen) atoms. The highest BCUT2D eigenvalue weighted by atomic mass is 16.6. The van der Waals surface area contributed by atoms with Crippen molar-refractivity contribution in [2.24, 2.45) is 5.92 Å². The minimum atomic E-state index is -0.921. The third kappa shape index (κ3) is 18.6. The molecule has 2 N–H and O–H groups in total. The molecular weight excluding hydrogens is 372 g/mol. The molecule has 0 saturated heterocycles. The predicted molar refractivity (Wildman–Crippen MR) is 114 cm³/mol. The minimum absolute atomic E-state index is 0.0487. The monoisotopic (exact) mass is 416 g/mol. The van der Waals surface area contributed by atoms with E-state index in [1.54, 1.807) is 0 Å². The summed E-state index contributed by atoms with van der Waals surface area (Å²) in [5.74, 6) is -0.172. The normalized spacial score (nSPS) is 12.4. The molecule has 0 amide bonds. The summed E-state index contributed by atoms with van der Waals surface area (Å²) in [4.78, 5) is 23.1. The lowest BCUT2D eigenvalue weighted by atomic mass is 10.0. The molecule has 0 rings (SSSR count). The molecule has 6 heteroatoms. The first-order valence-corrected chi connectivity index (χ1v) is 11.5. The zero-order valence-electron chi connectivity index (χ0n) is 18.9. The average Bonchev–Trinajstić information content (AvgIpc) is 2.66. The second-order valence-corrected chi connectivity index (χ2v) is 8.42. The van der Waals surface area contributed by atoms with Gasteiger partial charge < -0.3 is 19.7 Å². The van der Waals surface area contributed by atoms with Crippen molar-refractivity contribution in [1.29, 1.82) is 0 Å². The summed E-state index contributed by atoms with van der Waals surface area (Å²) in [6.45, 7) is 5.02. The third-order valence-corrected chi connectivity index (χ3v) is 4.99. The Bertz CT molecular complexity index is 406. The zero-order valence-corrected chi connectivity index (χ0v) is 18.9. The summed E-state index contributed by atoms with van der Waals surface area (Å²) in [5.41, 5.74) is 0. The highest BCUT2D eigenvalue weighted by Crippen LogP contribution is 2.16. The van der Waals surface area contributed by atoms with E-state index in [9.17, 15) is 9.59 Å². The third-order valence-electron chi connectivity index (χ3n) is 4.99. The average molecular weight is 417 g/mol. The van der Waals surface area contributed by atoms with Crippen LogP contribution in [0.25, 0.3) is 0 Å². The summed E-state index contributed by atoms with van der Waals surface area (Å²) >= 11 is 0. The molecular formula is C23H44O6. The Hall–Kier alpha value is -1.14. The number of esters is 2. The fourth-order valence-corrected chi connectivity index (χ4v) is 3.33. The summed E-state index contributed by atoms with van der Waals surface area (Å²) < 4.78 is 10.2. The van der Waals surface area contributed by atoms with Crippen LogP contribution >= 0.6 is 0 Å². The second kappa shape index (κ2) is 18.9. The van der Waals surface area contributed by atoms with Gasteiger partial charge >= 0.3 is 11.9 Å². The van der Waals surface area contributed by atoms with Gasteiger partial charge in [-0.3, -0.25) is 9.59 Å². The van der Waals surface area contributed by atoms with Gasteiger partial charge in [-0.05, 0) is 18.8 Å². The van der Waals surface area contributed by atoms with Gasteiger partial charge in [0.2, 0.25) is 0 Å². The standard InChI is InChI=1S/C23H44O6/c1-19(2)14-12-10-8-6-4-5-7-9-11-13-15-21(28-20(3)26)16-23(27)29-22(17-24)18-25/h19,21-22,24-25H,4-18H2,1-3H3/t21-/m1/s1. The molecule has 0 aliphatic carbocycles. The number of unbranched alkanes of at least 4 members (excludes halogenated alkanes) is 9. The van der Waals surface area contributed by atoms with Crippen molar-refractivity contribution in [3.63, 3.8) is 0 Å². The highest BCUT2D eigenvalue weighted by Gasteiger charge is 2.20. The lowest BCUT2D eigenvalue weighted by Gasteiger charge is -2.18. The Balaban J connectivity index is 3.79. The van der Waals surface area contributed by atoms with Crippen molar-refractivity contribution < 1.29 is 29.3 Å². The van der Waals surface area contributed by atoms with Crippen LogP contribution < -0.4 is 0 Å². The molecule has 0 heterocycles. The number of hydrogen-bond donors (Lipinski definition) is 2. The fourth-order valence-electron chi connectivity index (χ4n) is 3.33. The van der Waals surface area contributed by atoms with Crippen LogP contribution in [0.1, 0.15) is 104 Å². The smallest absolute Gasteiger partial charge is 0.309 e. The van der Waals surface area contributed by atoms with Gasteiger partial charge in [0.15, 0.2) is 0 Å². The Morgan fingerprint density at radius 2 is 1.14 bits per heavy atom. The first-order chi connectivity index (χ1) is 13.9. The summed E-state index contributed by atoms with van der Waals surface area (Å²) in [5, 5.41) is 17.9. The maximum atomic E-state index is 11.9. The van der Waals surface area contributed by atoms with Gasteiger partial charge in [-0.2, -0.15) is 0 Å². The number of carbonyl (C=O) groups excluding carboxylic acids is 2. The van der Waals surface area contributed by atoms with Gasteiger partial charge in [0.25, 0.3) is 0 Å². The van der Waals surface area contributed by atoms with Crippen LogP contribution in [0.15, 0.2) is 0 Å². The topological polar surface area (TPSA) is 93.1 Å². The number of aliphatic hydroxyl groups is 2. The number of ether oxygens (including phenoxy) is 2. The van der Waals surface area contributed by atoms with E-state index in [2.05, 4.69) is 13.8 Å². The zero-order chi connectivity index (χ0) is 21.9. The van der Waals surface area contributed by atoms with Crippen molar-refractivity contribution in [1.82, 2.24) is 0 Å². The van der Waals surface area contributed by atoms with Crippen LogP contribution in [0, 0.1) is 5.92 Å². The maximum absolute atomic E-state index is 11.9. The molecule has 6 nitrogen and oxygen atoms in total. The summed E-state index contributed by atoms with van der Waals surface area (Å²) in [6.07, 6.45) is 12.8. The molecule has 0 aliphatic heterocycles. The van der Waals surface area contributed by atoms with Crippen LogP contribution in [-0.4, -0.2) is 47.6 Å². The maximum Gasteiger partial charge on any atom is 0.309 e. The van der Waals surface area contributed by atoms with Crippen LogP contribution in [0.5, 0.6) is 0 Å². The van der Waals surface area contributed by atoms with E-state index in [1.807, 2.05) is 0 Å². The lowest BCUT2D eigenvalue weighted by molar-refractivity contribution is -0.160. The first kappa shape index (κ1) is 27.9. The van der Waals surface area contributed by atoms with Crippen molar-refractivity contribution >= 4 is 11.9 Å². The molecule has 0 spiro atoms. The predicted octanol–water partition coefficient (Wildman–Crippen LogP) is 4.54. The van der Waals surface area contributed by atoms with E-state index < -0.39 is 37.4 Å². The largest absolute Gasteiger partial charge is 0.462 e. The van der Waals surface area contributed by atoms with Gasteiger partial charge in [-0.15, -0.1) is 0 Å². The number of hydrogen-bond acceptors (Lipinski definition) is 6. The summed E-state index contributed by atoms with van der Waals surface area (Å²) in [6, 6.07) is 0. The van der Waals surface area contributed by atoms with Crippen LogP contribution in [-0.2, 0) is 19.1 Å². The molecule has 0 aromatic carbocycles.